The molecule has 1 aliphatic rings. The smallest absolute Gasteiger partial charge is 0.419 e. The summed E-state index contributed by atoms with van der Waals surface area (Å²) >= 11 is 0. The largest absolute Gasteiger partial charge is 0.497 e. The van der Waals surface area contributed by atoms with E-state index < -0.39 is 11.7 Å². The summed E-state index contributed by atoms with van der Waals surface area (Å²) in [6.45, 7) is 0. The molecule has 0 spiro atoms. The van der Waals surface area contributed by atoms with Gasteiger partial charge in [0.1, 0.15) is 11.5 Å². The first kappa shape index (κ1) is 11.1. The van der Waals surface area contributed by atoms with Crippen LogP contribution in [0.1, 0.15) is 18.4 Å². The lowest BCUT2D eigenvalue weighted by atomic mass is 10.2. The van der Waals surface area contributed by atoms with Crippen molar-refractivity contribution in [3.63, 3.8) is 0 Å². The number of hydrogen-bond acceptors (Lipinski definition) is 2. The SMILES string of the molecule is COc1ccc(C(F)(F)F)c(OC2CC2)c1. The van der Waals surface area contributed by atoms with Gasteiger partial charge in [-0.2, -0.15) is 13.2 Å². The van der Waals surface area contributed by atoms with Crippen LogP contribution in [0.2, 0.25) is 0 Å². The molecular formula is C11H11F3O2. The Bertz CT molecular complexity index is 383. The van der Waals surface area contributed by atoms with Crippen LogP contribution >= 0.6 is 0 Å². The quantitative estimate of drug-likeness (QED) is 0.796. The van der Waals surface area contributed by atoms with Gasteiger partial charge in [0, 0.05) is 6.07 Å². The second kappa shape index (κ2) is 3.88. The average Bonchev–Trinajstić information content (AvgIpc) is 3.00. The van der Waals surface area contributed by atoms with Crippen molar-refractivity contribution < 1.29 is 22.6 Å². The lowest BCUT2D eigenvalue weighted by Crippen LogP contribution is -2.09. The first-order chi connectivity index (χ1) is 7.50. The lowest BCUT2D eigenvalue weighted by Gasteiger charge is -2.14. The minimum absolute atomic E-state index is 0.0757. The van der Waals surface area contributed by atoms with Crippen molar-refractivity contribution in [2.45, 2.75) is 25.1 Å². The summed E-state index contributed by atoms with van der Waals surface area (Å²) in [7, 11) is 1.41. The maximum Gasteiger partial charge on any atom is 0.419 e. The number of methoxy groups -OCH3 is 1. The van der Waals surface area contributed by atoms with E-state index in [4.69, 9.17) is 9.47 Å². The van der Waals surface area contributed by atoms with Gasteiger partial charge in [-0.1, -0.05) is 0 Å². The molecule has 2 nitrogen and oxygen atoms in total. The topological polar surface area (TPSA) is 18.5 Å². The zero-order chi connectivity index (χ0) is 11.8. The summed E-state index contributed by atoms with van der Waals surface area (Å²) in [5.74, 6) is 0.220. The van der Waals surface area contributed by atoms with E-state index in [9.17, 15) is 13.2 Å². The fourth-order valence-corrected chi connectivity index (χ4v) is 1.33. The molecule has 1 saturated carbocycles. The highest BCUT2D eigenvalue weighted by atomic mass is 19.4. The zero-order valence-corrected chi connectivity index (χ0v) is 8.67. The fourth-order valence-electron chi connectivity index (χ4n) is 1.33. The summed E-state index contributed by atoms with van der Waals surface area (Å²) in [4.78, 5) is 0. The monoisotopic (exact) mass is 232 g/mol. The summed E-state index contributed by atoms with van der Waals surface area (Å²) in [5, 5.41) is 0. The van der Waals surface area contributed by atoms with E-state index >= 15 is 0 Å². The summed E-state index contributed by atoms with van der Waals surface area (Å²) in [5.41, 5.74) is -0.750. The van der Waals surface area contributed by atoms with E-state index in [1.807, 2.05) is 0 Å². The molecule has 16 heavy (non-hydrogen) atoms. The van der Waals surface area contributed by atoms with Crippen LogP contribution in [0.5, 0.6) is 11.5 Å². The Hall–Kier alpha value is -1.39. The second-order valence-corrected chi connectivity index (χ2v) is 3.68. The van der Waals surface area contributed by atoms with Crippen LogP contribution in [-0.4, -0.2) is 13.2 Å². The molecule has 5 heteroatoms. The van der Waals surface area contributed by atoms with Gasteiger partial charge in [0.2, 0.25) is 0 Å². The fraction of sp³-hybridized carbons (Fsp3) is 0.455. The van der Waals surface area contributed by atoms with Crippen molar-refractivity contribution in [1.29, 1.82) is 0 Å². The van der Waals surface area contributed by atoms with Gasteiger partial charge in [-0.25, -0.2) is 0 Å². The Morgan fingerprint density at radius 3 is 2.44 bits per heavy atom. The van der Waals surface area contributed by atoms with Crippen LogP contribution < -0.4 is 9.47 Å². The predicted octanol–water partition coefficient (Wildman–Crippen LogP) is 3.26. The summed E-state index contributed by atoms with van der Waals surface area (Å²) in [6.07, 6.45) is -2.84. The van der Waals surface area contributed by atoms with E-state index in [1.165, 1.54) is 19.2 Å². The Morgan fingerprint density at radius 1 is 1.25 bits per heavy atom. The van der Waals surface area contributed by atoms with Gasteiger partial charge in [0.05, 0.1) is 18.8 Å². The third-order valence-corrected chi connectivity index (χ3v) is 2.31. The molecule has 0 aliphatic heterocycles. The highest BCUT2D eigenvalue weighted by molar-refractivity contribution is 5.42. The molecule has 0 bridgehead atoms. The molecule has 0 aromatic heterocycles. The molecule has 1 aromatic carbocycles. The predicted molar refractivity (Wildman–Crippen MR) is 51.6 cm³/mol. The average molecular weight is 232 g/mol. The van der Waals surface area contributed by atoms with Crippen LogP contribution in [0.25, 0.3) is 0 Å². The van der Waals surface area contributed by atoms with Crippen molar-refractivity contribution in [2.75, 3.05) is 7.11 Å². The Morgan fingerprint density at radius 2 is 1.94 bits per heavy atom. The van der Waals surface area contributed by atoms with E-state index in [0.717, 1.165) is 18.9 Å². The van der Waals surface area contributed by atoms with Crippen LogP contribution in [0.3, 0.4) is 0 Å². The standard InChI is InChI=1S/C11H11F3O2/c1-15-8-4-5-9(11(12,13)14)10(6-8)16-7-2-3-7/h4-7H,2-3H2,1H3. The number of hydrogen-bond donors (Lipinski definition) is 0. The number of benzene rings is 1. The third kappa shape index (κ3) is 2.40. The van der Waals surface area contributed by atoms with Crippen molar-refractivity contribution >= 4 is 0 Å². The molecule has 1 fully saturated rings. The molecule has 0 radical (unpaired) electrons. The van der Waals surface area contributed by atoms with Crippen molar-refractivity contribution in [3.8, 4) is 11.5 Å². The van der Waals surface area contributed by atoms with Gasteiger partial charge in [-0.3, -0.25) is 0 Å². The Balaban J connectivity index is 2.33. The molecule has 1 aliphatic carbocycles. The van der Waals surface area contributed by atoms with Gasteiger partial charge in [0.25, 0.3) is 0 Å². The number of alkyl halides is 3. The highest BCUT2D eigenvalue weighted by Gasteiger charge is 2.36. The molecule has 1 aromatic rings. The van der Waals surface area contributed by atoms with Crippen LogP contribution in [0.4, 0.5) is 13.2 Å². The van der Waals surface area contributed by atoms with Crippen LogP contribution in [0.15, 0.2) is 18.2 Å². The maximum absolute atomic E-state index is 12.6. The number of rotatable bonds is 3. The van der Waals surface area contributed by atoms with Crippen molar-refractivity contribution in [1.82, 2.24) is 0 Å². The van der Waals surface area contributed by atoms with E-state index in [-0.39, 0.29) is 11.9 Å². The van der Waals surface area contributed by atoms with E-state index in [0.29, 0.717) is 5.75 Å². The van der Waals surface area contributed by atoms with Gasteiger partial charge in [-0.05, 0) is 25.0 Å². The Kier molecular flexibility index (Phi) is 2.69. The third-order valence-electron chi connectivity index (χ3n) is 2.31. The minimum atomic E-state index is -4.39. The van der Waals surface area contributed by atoms with E-state index in [1.54, 1.807) is 0 Å². The summed E-state index contributed by atoms with van der Waals surface area (Å²) in [6, 6.07) is 3.54. The van der Waals surface area contributed by atoms with Crippen molar-refractivity contribution in [2.24, 2.45) is 0 Å². The first-order valence-corrected chi connectivity index (χ1v) is 4.92. The van der Waals surface area contributed by atoms with Gasteiger partial charge < -0.3 is 9.47 Å². The van der Waals surface area contributed by atoms with Crippen molar-refractivity contribution in [3.05, 3.63) is 23.8 Å². The minimum Gasteiger partial charge on any atom is -0.497 e. The molecule has 88 valence electrons. The molecule has 0 atom stereocenters. The molecule has 0 N–H and O–H groups in total. The Labute approximate surface area is 91.0 Å². The lowest BCUT2D eigenvalue weighted by molar-refractivity contribution is -0.139. The summed E-state index contributed by atoms with van der Waals surface area (Å²) < 4.78 is 48.0. The molecule has 2 rings (SSSR count). The molecule has 0 unspecified atom stereocenters. The molecule has 0 heterocycles. The number of halogens is 3. The van der Waals surface area contributed by atoms with Gasteiger partial charge in [-0.15, -0.1) is 0 Å². The van der Waals surface area contributed by atoms with Gasteiger partial charge in [0.15, 0.2) is 0 Å². The zero-order valence-electron chi connectivity index (χ0n) is 8.67. The molecule has 0 amide bonds. The van der Waals surface area contributed by atoms with Gasteiger partial charge >= 0.3 is 6.18 Å². The molecule has 0 saturated heterocycles. The van der Waals surface area contributed by atoms with Crippen LogP contribution in [0, 0.1) is 0 Å². The number of ether oxygens (including phenoxy) is 2. The molecular weight excluding hydrogens is 221 g/mol. The second-order valence-electron chi connectivity index (χ2n) is 3.68. The van der Waals surface area contributed by atoms with Crippen LogP contribution in [-0.2, 0) is 6.18 Å². The normalized spacial score (nSPS) is 16.0. The van der Waals surface area contributed by atoms with E-state index in [2.05, 4.69) is 0 Å². The highest BCUT2D eigenvalue weighted by Crippen LogP contribution is 2.40. The first-order valence-electron chi connectivity index (χ1n) is 4.92. The maximum atomic E-state index is 12.6.